The number of aromatic nitrogens is 2. The number of aryl methyl sites for hydroxylation is 1. The minimum absolute atomic E-state index is 0.157. The fourth-order valence-corrected chi connectivity index (χ4v) is 1.92. The van der Waals surface area contributed by atoms with Gasteiger partial charge in [0.25, 0.3) is 11.6 Å². The van der Waals surface area contributed by atoms with Crippen LogP contribution in [-0.2, 0) is 6.54 Å². The van der Waals surface area contributed by atoms with Gasteiger partial charge < -0.3 is 10.5 Å². The molecule has 0 aliphatic rings. The molecule has 0 saturated carbocycles. The molecule has 1 atom stereocenters. The van der Waals surface area contributed by atoms with Gasteiger partial charge in [0.15, 0.2) is 0 Å². The van der Waals surface area contributed by atoms with Crippen LogP contribution in [0.15, 0.2) is 41.2 Å². The maximum absolute atomic E-state index is 12.0. The third-order valence-corrected chi connectivity index (χ3v) is 2.89. The van der Waals surface area contributed by atoms with Crippen molar-refractivity contribution in [1.82, 2.24) is 9.55 Å². The van der Waals surface area contributed by atoms with E-state index in [0.29, 0.717) is 12.2 Å². The molecule has 0 spiro atoms. The average molecular weight is 259 g/mol. The van der Waals surface area contributed by atoms with E-state index < -0.39 is 0 Å². The van der Waals surface area contributed by atoms with E-state index in [-0.39, 0.29) is 17.6 Å². The van der Waals surface area contributed by atoms with Crippen LogP contribution in [0.5, 0.6) is 6.01 Å². The van der Waals surface area contributed by atoms with E-state index in [0.717, 1.165) is 5.56 Å². The molecule has 1 aromatic carbocycles. The SMILES string of the molecule is COc1nc(C)cc(=O)n1CC(N)c1ccccc1. The van der Waals surface area contributed by atoms with Crippen molar-refractivity contribution >= 4 is 0 Å². The summed E-state index contributed by atoms with van der Waals surface area (Å²) >= 11 is 0. The first kappa shape index (κ1) is 13.3. The summed E-state index contributed by atoms with van der Waals surface area (Å²) in [6, 6.07) is 11.1. The molecule has 0 bridgehead atoms. The van der Waals surface area contributed by atoms with Gasteiger partial charge in [-0.25, -0.2) is 4.98 Å². The standard InChI is InChI=1S/C14H17N3O2/c1-10-8-13(18)17(14(16-10)19-2)9-12(15)11-6-4-3-5-7-11/h3-8,12H,9,15H2,1-2H3. The van der Waals surface area contributed by atoms with Gasteiger partial charge in [0.05, 0.1) is 7.11 Å². The van der Waals surface area contributed by atoms with Crippen LogP contribution in [0.1, 0.15) is 17.3 Å². The molecule has 2 aromatic rings. The summed E-state index contributed by atoms with van der Waals surface area (Å²) < 4.78 is 6.59. The van der Waals surface area contributed by atoms with Crippen LogP contribution in [0.4, 0.5) is 0 Å². The molecule has 2 rings (SSSR count). The number of nitrogens with two attached hydrogens (primary N) is 1. The molecule has 1 unspecified atom stereocenters. The minimum atomic E-state index is -0.280. The summed E-state index contributed by atoms with van der Waals surface area (Å²) in [5.74, 6) is 0. The second-order valence-corrected chi connectivity index (χ2v) is 4.35. The fourth-order valence-electron chi connectivity index (χ4n) is 1.92. The van der Waals surface area contributed by atoms with Crippen molar-refractivity contribution in [1.29, 1.82) is 0 Å². The Morgan fingerprint density at radius 3 is 2.68 bits per heavy atom. The van der Waals surface area contributed by atoms with Crippen molar-refractivity contribution in [3.8, 4) is 6.01 Å². The Kier molecular flexibility index (Phi) is 3.97. The quantitative estimate of drug-likeness (QED) is 0.897. The van der Waals surface area contributed by atoms with E-state index in [1.807, 2.05) is 30.3 Å². The Balaban J connectivity index is 2.31. The van der Waals surface area contributed by atoms with Gasteiger partial charge in [0.1, 0.15) is 0 Å². The highest BCUT2D eigenvalue weighted by molar-refractivity contribution is 5.19. The molecule has 0 aliphatic heterocycles. The van der Waals surface area contributed by atoms with Gasteiger partial charge in [-0.3, -0.25) is 9.36 Å². The van der Waals surface area contributed by atoms with Crippen LogP contribution in [0.2, 0.25) is 0 Å². The molecule has 1 aromatic heterocycles. The Morgan fingerprint density at radius 2 is 2.05 bits per heavy atom. The first-order valence-electron chi connectivity index (χ1n) is 6.05. The zero-order valence-electron chi connectivity index (χ0n) is 11.0. The maximum atomic E-state index is 12.0. The number of rotatable bonds is 4. The lowest BCUT2D eigenvalue weighted by atomic mass is 10.1. The summed E-state index contributed by atoms with van der Waals surface area (Å²) in [6.45, 7) is 2.09. The van der Waals surface area contributed by atoms with Crippen LogP contribution in [0.3, 0.4) is 0 Å². The molecule has 2 N–H and O–H groups in total. The Hall–Kier alpha value is -2.14. The number of hydrogen-bond acceptors (Lipinski definition) is 4. The first-order valence-corrected chi connectivity index (χ1v) is 6.05. The van der Waals surface area contributed by atoms with Crippen LogP contribution < -0.4 is 16.0 Å². The van der Waals surface area contributed by atoms with E-state index >= 15 is 0 Å². The van der Waals surface area contributed by atoms with E-state index in [2.05, 4.69) is 4.98 Å². The monoisotopic (exact) mass is 259 g/mol. The molecule has 19 heavy (non-hydrogen) atoms. The molecule has 5 heteroatoms. The summed E-state index contributed by atoms with van der Waals surface area (Å²) in [5, 5.41) is 0. The van der Waals surface area contributed by atoms with E-state index in [1.165, 1.54) is 17.7 Å². The van der Waals surface area contributed by atoms with Crippen molar-refractivity contribution in [2.45, 2.75) is 19.5 Å². The van der Waals surface area contributed by atoms with Crippen LogP contribution in [0, 0.1) is 6.92 Å². The third kappa shape index (κ3) is 3.00. The van der Waals surface area contributed by atoms with Crippen LogP contribution in [-0.4, -0.2) is 16.7 Å². The molecular formula is C14H17N3O2. The normalized spacial score (nSPS) is 12.2. The molecule has 0 radical (unpaired) electrons. The second-order valence-electron chi connectivity index (χ2n) is 4.35. The molecular weight excluding hydrogens is 242 g/mol. The predicted octanol–water partition coefficient (Wildman–Crippen LogP) is 1.26. The lowest BCUT2D eigenvalue weighted by Gasteiger charge is -2.16. The molecule has 100 valence electrons. The molecule has 1 heterocycles. The highest BCUT2D eigenvalue weighted by Crippen LogP contribution is 2.14. The Bertz CT molecular complexity index is 608. The number of methoxy groups -OCH3 is 1. The lowest BCUT2D eigenvalue weighted by Crippen LogP contribution is -2.28. The maximum Gasteiger partial charge on any atom is 0.299 e. The van der Waals surface area contributed by atoms with Crippen molar-refractivity contribution in [2.75, 3.05) is 7.11 Å². The highest BCUT2D eigenvalue weighted by Gasteiger charge is 2.12. The van der Waals surface area contributed by atoms with Crippen LogP contribution >= 0.6 is 0 Å². The number of nitrogens with zero attached hydrogens (tertiary/aromatic N) is 2. The van der Waals surface area contributed by atoms with Crippen molar-refractivity contribution < 1.29 is 4.74 Å². The smallest absolute Gasteiger partial charge is 0.299 e. The van der Waals surface area contributed by atoms with Crippen molar-refractivity contribution in [3.05, 3.63) is 58.0 Å². The summed E-state index contributed by atoms with van der Waals surface area (Å²) in [5.41, 5.74) is 7.56. The zero-order valence-corrected chi connectivity index (χ0v) is 11.0. The summed E-state index contributed by atoms with van der Waals surface area (Å²) in [4.78, 5) is 16.2. The van der Waals surface area contributed by atoms with Gasteiger partial charge in [-0.2, -0.15) is 0 Å². The van der Waals surface area contributed by atoms with Crippen molar-refractivity contribution in [3.63, 3.8) is 0 Å². The molecule has 0 amide bonds. The fraction of sp³-hybridized carbons (Fsp3) is 0.286. The molecule has 0 saturated heterocycles. The van der Waals surface area contributed by atoms with E-state index in [9.17, 15) is 4.79 Å². The van der Waals surface area contributed by atoms with E-state index in [1.54, 1.807) is 6.92 Å². The zero-order chi connectivity index (χ0) is 13.8. The first-order chi connectivity index (χ1) is 9.11. The summed E-state index contributed by atoms with van der Waals surface area (Å²) in [6.07, 6.45) is 0. The third-order valence-electron chi connectivity index (χ3n) is 2.89. The molecule has 5 nitrogen and oxygen atoms in total. The molecule has 0 aliphatic carbocycles. The van der Waals surface area contributed by atoms with Crippen LogP contribution in [0.25, 0.3) is 0 Å². The second kappa shape index (κ2) is 5.67. The number of benzene rings is 1. The average Bonchev–Trinajstić information content (AvgIpc) is 2.42. The van der Waals surface area contributed by atoms with Gasteiger partial charge in [-0.1, -0.05) is 30.3 Å². The minimum Gasteiger partial charge on any atom is -0.468 e. The van der Waals surface area contributed by atoms with Gasteiger partial charge >= 0.3 is 0 Å². The van der Waals surface area contributed by atoms with Gasteiger partial charge in [0.2, 0.25) is 0 Å². The van der Waals surface area contributed by atoms with Gasteiger partial charge in [-0.05, 0) is 12.5 Å². The van der Waals surface area contributed by atoms with Gasteiger partial charge in [0, 0.05) is 24.3 Å². The molecule has 0 fully saturated rings. The van der Waals surface area contributed by atoms with E-state index in [4.69, 9.17) is 10.5 Å². The topological polar surface area (TPSA) is 70.1 Å². The lowest BCUT2D eigenvalue weighted by molar-refractivity contribution is 0.337. The number of hydrogen-bond donors (Lipinski definition) is 1. The Morgan fingerprint density at radius 1 is 1.37 bits per heavy atom. The number of ether oxygens (including phenoxy) is 1. The predicted molar refractivity (Wildman–Crippen MR) is 73.2 cm³/mol. The Labute approximate surface area is 111 Å². The summed E-state index contributed by atoms with van der Waals surface area (Å²) in [7, 11) is 1.49. The highest BCUT2D eigenvalue weighted by atomic mass is 16.5. The van der Waals surface area contributed by atoms with Crippen molar-refractivity contribution in [2.24, 2.45) is 5.73 Å². The van der Waals surface area contributed by atoms with Gasteiger partial charge in [-0.15, -0.1) is 0 Å². The largest absolute Gasteiger partial charge is 0.468 e.